The molecule has 7 nitrogen and oxygen atoms in total. The van der Waals surface area contributed by atoms with Crippen LogP contribution in [0.5, 0.6) is 0 Å². The van der Waals surface area contributed by atoms with Crippen molar-refractivity contribution in [2.45, 2.75) is 75.8 Å². The van der Waals surface area contributed by atoms with Gasteiger partial charge in [0.15, 0.2) is 0 Å². The fourth-order valence-corrected chi connectivity index (χ4v) is 4.44. The summed E-state index contributed by atoms with van der Waals surface area (Å²) in [6.07, 6.45) is 6.34. The lowest BCUT2D eigenvalue weighted by Gasteiger charge is -2.22. The van der Waals surface area contributed by atoms with Gasteiger partial charge in [0, 0.05) is 18.6 Å². The van der Waals surface area contributed by atoms with Crippen molar-refractivity contribution < 1.29 is 18.0 Å². The van der Waals surface area contributed by atoms with Gasteiger partial charge in [0.1, 0.15) is 0 Å². The molecular weight excluding hydrogens is 378 g/mol. The maximum atomic E-state index is 12.5. The number of nitrogens with one attached hydrogen (secondary N) is 3. The van der Waals surface area contributed by atoms with E-state index in [1.807, 2.05) is 13.8 Å². The van der Waals surface area contributed by atoms with Gasteiger partial charge in [-0.25, -0.2) is 13.1 Å². The third-order valence-corrected chi connectivity index (χ3v) is 6.59. The van der Waals surface area contributed by atoms with Gasteiger partial charge in [-0.15, -0.1) is 0 Å². The molecular formula is C20H31N3O4S. The van der Waals surface area contributed by atoms with Crippen molar-refractivity contribution in [2.75, 3.05) is 6.54 Å². The smallest absolute Gasteiger partial charge is 0.309 e. The maximum Gasteiger partial charge on any atom is 0.309 e. The molecule has 1 aromatic rings. The number of hydrogen-bond donors (Lipinski definition) is 3. The van der Waals surface area contributed by atoms with Crippen LogP contribution in [0.3, 0.4) is 0 Å². The summed E-state index contributed by atoms with van der Waals surface area (Å²) in [5.41, 5.74) is 0.888. The molecule has 1 saturated carbocycles. The van der Waals surface area contributed by atoms with Crippen LogP contribution >= 0.6 is 0 Å². The Balaban J connectivity index is 1.82. The molecule has 1 unspecified atom stereocenters. The molecule has 0 bridgehead atoms. The second-order valence-electron chi connectivity index (χ2n) is 7.39. The Hall–Kier alpha value is -1.93. The summed E-state index contributed by atoms with van der Waals surface area (Å²) in [7, 11) is -3.51. The molecule has 2 rings (SSSR count). The Labute approximate surface area is 167 Å². The van der Waals surface area contributed by atoms with E-state index < -0.39 is 21.8 Å². The van der Waals surface area contributed by atoms with E-state index in [1.54, 1.807) is 24.3 Å². The lowest BCUT2D eigenvalue weighted by atomic mass is 9.96. The molecule has 1 aromatic carbocycles. The third kappa shape index (κ3) is 6.91. The maximum absolute atomic E-state index is 12.5. The van der Waals surface area contributed by atoms with Crippen molar-refractivity contribution in [3.05, 3.63) is 29.8 Å². The van der Waals surface area contributed by atoms with Crippen molar-refractivity contribution in [1.82, 2.24) is 15.4 Å². The van der Waals surface area contributed by atoms with Gasteiger partial charge in [-0.3, -0.25) is 9.59 Å². The van der Waals surface area contributed by atoms with E-state index in [2.05, 4.69) is 15.4 Å². The van der Waals surface area contributed by atoms with Crippen molar-refractivity contribution >= 4 is 21.8 Å². The van der Waals surface area contributed by atoms with Crippen LogP contribution in [0.1, 0.15) is 57.9 Å². The number of sulfonamides is 1. The normalized spacial score (nSPS) is 16.4. The number of hydrogen-bond acceptors (Lipinski definition) is 4. The van der Waals surface area contributed by atoms with Crippen LogP contribution in [0.4, 0.5) is 0 Å². The van der Waals surface area contributed by atoms with Gasteiger partial charge in [0.25, 0.3) is 0 Å². The summed E-state index contributed by atoms with van der Waals surface area (Å²) < 4.78 is 27.8. The van der Waals surface area contributed by atoms with Gasteiger partial charge in [-0.05, 0) is 50.3 Å². The summed E-state index contributed by atoms with van der Waals surface area (Å²) in [4.78, 5) is 23.7. The molecule has 1 aliphatic rings. The van der Waals surface area contributed by atoms with E-state index in [1.165, 1.54) is 6.42 Å². The van der Waals surface area contributed by atoms with Crippen molar-refractivity contribution in [3.63, 3.8) is 0 Å². The third-order valence-electron chi connectivity index (χ3n) is 5.06. The fourth-order valence-electron chi connectivity index (χ4n) is 3.14. The first kappa shape index (κ1) is 22.4. The largest absolute Gasteiger partial charge is 0.348 e. The molecule has 0 radical (unpaired) electrons. The topological polar surface area (TPSA) is 104 Å². The Bertz CT molecular complexity index is 756. The monoisotopic (exact) mass is 409 g/mol. The molecule has 1 aliphatic carbocycles. The Kier molecular flexibility index (Phi) is 8.44. The minimum Gasteiger partial charge on any atom is -0.348 e. The zero-order chi connectivity index (χ0) is 20.6. The highest BCUT2D eigenvalue weighted by Gasteiger charge is 2.21. The van der Waals surface area contributed by atoms with Crippen LogP contribution in [0.2, 0.25) is 0 Å². The number of rotatable bonds is 8. The highest BCUT2D eigenvalue weighted by Crippen LogP contribution is 2.20. The molecule has 156 valence electrons. The van der Waals surface area contributed by atoms with Crippen molar-refractivity contribution in [3.8, 4) is 0 Å². The van der Waals surface area contributed by atoms with E-state index in [4.69, 9.17) is 0 Å². The van der Waals surface area contributed by atoms with Crippen LogP contribution in [-0.2, 0) is 26.0 Å². The minimum absolute atomic E-state index is 0.0233. The molecule has 1 fully saturated rings. The molecule has 0 spiro atoms. The highest BCUT2D eigenvalue weighted by molar-refractivity contribution is 7.89. The highest BCUT2D eigenvalue weighted by atomic mass is 32.2. The van der Waals surface area contributed by atoms with Gasteiger partial charge in [0.2, 0.25) is 10.0 Å². The lowest BCUT2D eigenvalue weighted by Crippen LogP contribution is -2.43. The quantitative estimate of drug-likeness (QED) is 0.570. The minimum atomic E-state index is -3.51. The second-order valence-corrected chi connectivity index (χ2v) is 9.10. The SMILES string of the molecule is CCC(C)NC(=O)C(=O)NCCc1ccc(S(=O)(=O)NC2CCCCC2)cc1. The molecule has 1 atom stereocenters. The lowest BCUT2D eigenvalue weighted by molar-refractivity contribution is -0.139. The molecule has 0 saturated heterocycles. The Morgan fingerprint density at radius 1 is 1.07 bits per heavy atom. The summed E-state index contributed by atoms with van der Waals surface area (Å²) in [6, 6.07) is 6.61. The van der Waals surface area contributed by atoms with Gasteiger partial charge in [-0.2, -0.15) is 0 Å². The fraction of sp³-hybridized carbons (Fsp3) is 0.600. The van der Waals surface area contributed by atoms with Crippen LogP contribution in [0, 0.1) is 0 Å². The first-order chi connectivity index (χ1) is 13.3. The van der Waals surface area contributed by atoms with Crippen molar-refractivity contribution in [2.24, 2.45) is 0 Å². The molecule has 3 N–H and O–H groups in total. The van der Waals surface area contributed by atoms with Gasteiger partial charge in [-0.1, -0.05) is 38.3 Å². The summed E-state index contributed by atoms with van der Waals surface area (Å²) in [5.74, 6) is -1.29. The Morgan fingerprint density at radius 3 is 2.32 bits per heavy atom. The summed E-state index contributed by atoms with van der Waals surface area (Å²) in [6.45, 7) is 4.07. The number of benzene rings is 1. The van der Waals surface area contributed by atoms with Gasteiger partial charge >= 0.3 is 11.8 Å². The van der Waals surface area contributed by atoms with E-state index in [9.17, 15) is 18.0 Å². The Morgan fingerprint density at radius 2 is 1.71 bits per heavy atom. The average molecular weight is 410 g/mol. The van der Waals surface area contributed by atoms with Crippen LogP contribution in [0.15, 0.2) is 29.2 Å². The zero-order valence-corrected chi connectivity index (χ0v) is 17.5. The molecule has 0 aliphatic heterocycles. The molecule has 2 amide bonds. The molecule has 28 heavy (non-hydrogen) atoms. The van der Waals surface area contributed by atoms with Crippen LogP contribution < -0.4 is 15.4 Å². The predicted molar refractivity (Wildman–Crippen MR) is 108 cm³/mol. The summed E-state index contributed by atoms with van der Waals surface area (Å²) in [5, 5.41) is 5.19. The first-order valence-electron chi connectivity index (χ1n) is 10.0. The number of carbonyl (C=O) groups is 2. The standard InChI is InChI=1S/C20H31N3O4S/c1-3-15(2)22-20(25)19(24)21-14-13-16-9-11-18(12-10-16)28(26,27)23-17-7-5-4-6-8-17/h9-12,15,17,23H,3-8,13-14H2,1-2H3,(H,21,24)(H,22,25). The second kappa shape index (κ2) is 10.6. The van der Waals surface area contributed by atoms with E-state index in [0.717, 1.165) is 37.7 Å². The summed E-state index contributed by atoms with van der Waals surface area (Å²) >= 11 is 0. The van der Waals surface area contributed by atoms with Gasteiger partial charge < -0.3 is 10.6 Å². The first-order valence-corrected chi connectivity index (χ1v) is 11.5. The van der Waals surface area contributed by atoms with E-state index in [0.29, 0.717) is 13.0 Å². The molecule has 0 aromatic heterocycles. The molecule has 8 heteroatoms. The average Bonchev–Trinajstić information content (AvgIpc) is 2.68. The zero-order valence-electron chi connectivity index (χ0n) is 16.7. The van der Waals surface area contributed by atoms with Gasteiger partial charge in [0.05, 0.1) is 4.90 Å². The predicted octanol–water partition coefficient (Wildman–Crippen LogP) is 1.87. The number of carbonyl (C=O) groups excluding carboxylic acids is 2. The molecule has 0 heterocycles. The van der Waals surface area contributed by atoms with Crippen molar-refractivity contribution in [1.29, 1.82) is 0 Å². The van der Waals surface area contributed by atoms with E-state index >= 15 is 0 Å². The van der Waals surface area contributed by atoms with Crippen LogP contribution in [-0.4, -0.2) is 38.9 Å². The van der Waals surface area contributed by atoms with Crippen LogP contribution in [0.25, 0.3) is 0 Å². The number of amides is 2. The van der Waals surface area contributed by atoms with E-state index in [-0.39, 0.29) is 17.0 Å².